The van der Waals surface area contributed by atoms with Gasteiger partial charge in [-0.1, -0.05) is 18.2 Å². The van der Waals surface area contributed by atoms with E-state index in [4.69, 9.17) is 5.73 Å². The van der Waals surface area contributed by atoms with E-state index in [1.54, 1.807) is 0 Å². The molecule has 132 valence electrons. The third-order valence-corrected chi connectivity index (χ3v) is 4.27. The number of benzene rings is 1. The van der Waals surface area contributed by atoms with Gasteiger partial charge in [0.05, 0.1) is 0 Å². The van der Waals surface area contributed by atoms with Gasteiger partial charge in [-0.3, -0.25) is 4.79 Å². The van der Waals surface area contributed by atoms with Crippen molar-refractivity contribution >= 4 is 36.4 Å². The van der Waals surface area contributed by atoms with Crippen molar-refractivity contribution in [2.45, 2.75) is 44.7 Å². The Morgan fingerprint density at radius 2 is 2.00 bits per heavy atom. The summed E-state index contributed by atoms with van der Waals surface area (Å²) < 4.78 is 0. The fraction of sp³-hybridized carbons (Fsp3) is 0.588. The summed E-state index contributed by atoms with van der Waals surface area (Å²) in [5.74, 6) is 0.215. The molecule has 0 aromatic heterocycles. The lowest BCUT2D eigenvalue weighted by Gasteiger charge is -2.39. The maximum Gasteiger partial charge on any atom is 0.222 e. The first-order valence-electron chi connectivity index (χ1n) is 7.89. The van der Waals surface area contributed by atoms with E-state index in [0.29, 0.717) is 12.5 Å². The number of carbonyl (C=O) groups excluding carboxylic acids is 1. The minimum Gasteiger partial charge on any atom is -0.369 e. The number of nitrogens with zero attached hydrogens (tertiary/aromatic N) is 2. The molecule has 0 spiro atoms. The van der Waals surface area contributed by atoms with Crippen molar-refractivity contribution in [2.24, 2.45) is 5.73 Å². The van der Waals surface area contributed by atoms with Crippen LogP contribution < -0.4 is 10.6 Å². The second kappa shape index (κ2) is 10.7. The molecule has 0 radical (unpaired) electrons. The summed E-state index contributed by atoms with van der Waals surface area (Å²) in [6.45, 7) is 3.94. The van der Waals surface area contributed by atoms with Crippen LogP contribution >= 0.6 is 24.8 Å². The zero-order chi connectivity index (χ0) is 15.2. The van der Waals surface area contributed by atoms with E-state index in [9.17, 15) is 4.79 Å². The number of rotatable bonds is 5. The normalized spacial score (nSPS) is 18.4. The highest BCUT2D eigenvalue weighted by atomic mass is 35.5. The predicted molar refractivity (Wildman–Crippen MR) is 102 cm³/mol. The lowest BCUT2D eigenvalue weighted by atomic mass is 10.0. The van der Waals surface area contributed by atoms with Crippen molar-refractivity contribution in [3.8, 4) is 0 Å². The number of para-hydroxylation sites is 1. The van der Waals surface area contributed by atoms with Crippen LogP contribution in [0.2, 0.25) is 0 Å². The fourth-order valence-electron chi connectivity index (χ4n) is 2.88. The van der Waals surface area contributed by atoms with Gasteiger partial charge in [-0.2, -0.15) is 0 Å². The van der Waals surface area contributed by atoms with Crippen LogP contribution in [0.25, 0.3) is 0 Å². The van der Waals surface area contributed by atoms with E-state index in [1.807, 2.05) is 24.9 Å². The SMILES string of the molecule is CC(N)CCC(=O)N(C)C1CCCN(c2ccccc2)C1.Cl.Cl. The minimum absolute atomic E-state index is 0. The van der Waals surface area contributed by atoms with E-state index in [0.717, 1.165) is 32.4 Å². The van der Waals surface area contributed by atoms with Gasteiger partial charge >= 0.3 is 0 Å². The first-order chi connectivity index (χ1) is 10.1. The van der Waals surface area contributed by atoms with Crippen molar-refractivity contribution in [3.05, 3.63) is 30.3 Å². The van der Waals surface area contributed by atoms with Crippen molar-refractivity contribution in [1.82, 2.24) is 4.90 Å². The smallest absolute Gasteiger partial charge is 0.222 e. The highest BCUT2D eigenvalue weighted by Gasteiger charge is 2.26. The average molecular weight is 362 g/mol. The summed E-state index contributed by atoms with van der Waals surface area (Å²) in [7, 11) is 1.93. The van der Waals surface area contributed by atoms with E-state index in [1.165, 1.54) is 5.69 Å². The molecule has 1 heterocycles. The van der Waals surface area contributed by atoms with E-state index < -0.39 is 0 Å². The molecule has 0 bridgehead atoms. The summed E-state index contributed by atoms with van der Waals surface area (Å²) in [5.41, 5.74) is 6.99. The van der Waals surface area contributed by atoms with Gasteiger partial charge in [-0.05, 0) is 38.3 Å². The third kappa shape index (κ3) is 6.58. The fourth-order valence-corrected chi connectivity index (χ4v) is 2.88. The molecule has 0 saturated carbocycles. The molecule has 0 aliphatic carbocycles. The molecule has 2 atom stereocenters. The van der Waals surface area contributed by atoms with Crippen molar-refractivity contribution < 1.29 is 4.79 Å². The summed E-state index contributed by atoms with van der Waals surface area (Å²) in [5, 5.41) is 0. The number of nitrogens with two attached hydrogens (primary N) is 1. The molecule has 6 heteroatoms. The van der Waals surface area contributed by atoms with E-state index in [-0.39, 0.29) is 36.8 Å². The monoisotopic (exact) mass is 361 g/mol. The molecule has 2 rings (SSSR count). The van der Waals surface area contributed by atoms with Gasteiger partial charge in [0.25, 0.3) is 0 Å². The van der Waals surface area contributed by atoms with Crippen molar-refractivity contribution in [1.29, 1.82) is 0 Å². The minimum atomic E-state index is 0. The number of likely N-dealkylation sites (N-methyl/N-ethyl adjacent to an activating group) is 1. The lowest BCUT2D eigenvalue weighted by molar-refractivity contribution is -0.132. The molecule has 1 saturated heterocycles. The number of piperidine rings is 1. The molecule has 2 unspecified atom stereocenters. The Hall–Kier alpha value is -0.970. The Morgan fingerprint density at radius 1 is 1.35 bits per heavy atom. The van der Waals surface area contributed by atoms with Crippen LogP contribution in [0, 0.1) is 0 Å². The summed E-state index contributed by atoms with van der Waals surface area (Å²) in [4.78, 5) is 16.5. The predicted octanol–water partition coefficient (Wildman–Crippen LogP) is 3.08. The zero-order valence-corrected chi connectivity index (χ0v) is 15.6. The van der Waals surface area contributed by atoms with Gasteiger partial charge in [0.1, 0.15) is 0 Å². The van der Waals surface area contributed by atoms with Gasteiger partial charge < -0.3 is 15.5 Å². The van der Waals surface area contributed by atoms with Crippen LogP contribution in [-0.2, 0) is 4.79 Å². The Kier molecular flexibility index (Phi) is 10.3. The standard InChI is InChI=1S/C17H27N3O.2ClH/c1-14(18)10-11-17(21)19(2)16-9-6-12-20(13-16)15-7-4-3-5-8-15;;/h3-5,7-8,14,16H,6,9-13,18H2,1-2H3;2*1H. The van der Waals surface area contributed by atoms with Crippen LogP contribution in [0.15, 0.2) is 30.3 Å². The molecule has 1 aromatic carbocycles. The van der Waals surface area contributed by atoms with Crippen LogP contribution in [0.4, 0.5) is 5.69 Å². The molecule has 1 aliphatic rings. The van der Waals surface area contributed by atoms with Crippen LogP contribution in [0.1, 0.15) is 32.6 Å². The number of halogens is 2. The average Bonchev–Trinajstić information content (AvgIpc) is 2.52. The van der Waals surface area contributed by atoms with Gasteiger partial charge in [0, 0.05) is 44.3 Å². The van der Waals surface area contributed by atoms with Gasteiger partial charge in [0.15, 0.2) is 0 Å². The molecule has 1 aliphatic heterocycles. The van der Waals surface area contributed by atoms with Gasteiger partial charge in [0.2, 0.25) is 5.91 Å². The molecule has 2 N–H and O–H groups in total. The number of anilines is 1. The zero-order valence-electron chi connectivity index (χ0n) is 14.0. The summed E-state index contributed by atoms with van der Waals surface area (Å²) in [6.07, 6.45) is 3.53. The molecule has 1 fully saturated rings. The summed E-state index contributed by atoms with van der Waals surface area (Å²) >= 11 is 0. The molecule has 1 aromatic rings. The Bertz CT molecular complexity index is 456. The quantitative estimate of drug-likeness (QED) is 0.876. The van der Waals surface area contributed by atoms with E-state index >= 15 is 0 Å². The first-order valence-corrected chi connectivity index (χ1v) is 7.89. The van der Waals surface area contributed by atoms with Crippen molar-refractivity contribution in [3.63, 3.8) is 0 Å². The maximum absolute atomic E-state index is 12.2. The topological polar surface area (TPSA) is 49.6 Å². The van der Waals surface area contributed by atoms with Gasteiger partial charge in [-0.25, -0.2) is 0 Å². The highest BCUT2D eigenvalue weighted by molar-refractivity contribution is 5.85. The highest BCUT2D eigenvalue weighted by Crippen LogP contribution is 2.22. The molecule has 1 amide bonds. The second-order valence-electron chi connectivity index (χ2n) is 6.10. The third-order valence-electron chi connectivity index (χ3n) is 4.27. The first kappa shape index (κ1) is 22.0. The maximum atomic E-state index is 12.2. The second-order valence-corrected chi connectivity index (χ2v) is 6.10. The number of hydrogen-bond donors (Lipinski definition) is 1. The summed E-state index contributed by atoms with van der Waals surface area (Å²) in [6, 6.07) is 10.8. The van der Waals surface area contributed by atoms with Gasteiger partial charge in [-0.15, -0.1) is 24.8 Å². The lowest BCUT2D eigenvalue weighted by Crippen LogP contribution is -2.48. The molecule has 23 heavy (non-hydrogen) atoms. The number of carbonyl (C=O) groups is 1. The van der Waals surface area contributed by atoms with Crippen LogP contribution in [-0.4, -0.2) is 43.0 Å². The molecule has 4 nitrogen and oxygen atoms in total. The molecular weight excluding hydrogens is 333 g/mol. The Morgan fingerprint density at radius 3 is 2.61 bits per heavy atom. The van der Waals surface area contributed by atoms with Crippen LogP contribution in [0.5, 0.6) is 0 Å². The van der Waals surface area contributed by atoms with E-state index in [2.05, 4.69) is 29.2 Å². The molecular formula is C17H29Cl2N3O. The Labute approximate surface area is 152 Å². The Balaban J connectivity index is 0.00000242. The number of hydrogen-bond acceptors (Lipinski definition) is 3. The largest absolute Gasteiger partial charge is 0.369 e. The van der Waals surface area contributed by atoms with Crippen molar-refractivity contribution in [2.75, 3.05) is 25.0 Å². The van der Waals surface area contributed by atoms with Crippen LogP contribution in [0.3, 0.4) is 0 Å². The number of amides is 1.